The largest absolute Gasteiger partial charge is 0.508 e. The van der Waals surface area contributed by atoms with Gasteiger partial charge in [-0.3, -0.25) is 4.57 Å². The molecule has 3 heterocycles. The number of phenolic OH excluding ortho intramolecular Hbond substituents is 14. The Morgan fingerprint density at radius 1 is 0.515 bits per heavy atom. The van der Waals surface area contributed by atoms with E-state index < -0.39 is 158 Å². The fourth-order valence-electron chi connectivity index (χ4n) is 8.88. The van der Waals surface area contributed by atoms with Gasteiger partial charge in [0.15, 0.2) is 81.1 Å². The molecule has 1 aliphatic rings. The summed E-state index contributed by atoms with van der Waals surface area (Å²) in [7, 11) is 12.0. The molecule has 4 radical (unpaired) electrons. The van der Waals surface area contributed by atoms with Crippen molar-refractivity contribution < 1.29 is 75.9 Å². The zero-order valence-electron chi connectivity index (χ0n) is 34.0. The van der Waals surface area contributed by atoms with Gasteiger partial charge in [0, 0.05) is 16.5 Å². The van der Waals surface area contributed by atoms with Crippen LogP contribution in [0.2, 0.25) is 0 Å². The van der Waals surface area contributed by atoms with Gasteiger partial charge in [-0.15, -0.1) is 0 Å². The SMILES string of the molecule is [B]c1c(O)c(O)c([B])c(-c2nc(-c3c(O)c(O)c(C)c(O)c3O)nc(-n3c4c(O)c(O)c(O)c(O)c4c4c(O)c(-c5ccc6c(c5)-c5c(ccc7ncoc57)C6(C)C)c(O)c(O)c43)n2)c1O. The molecule has 20 nitrogen and oxygen atoms in total. The molecule has 3 aromatic heterocycles. The van der Waals surface area contributed by atoms with Gasteiger partial charge in [0.25, 0.3) is 0 Å². The van der Waals surface area contributed by atoms with E-state index in [0.29, 0.717) is 26.8 Å². The Morgan fingerprint density at radius 3 is 1.71 bits per heavy atom. The monoisotopic (exact) mass is 889 g/mol. The number of hydrogen-bond acceptors (Lipinski definition) is 19. The van der Waals surface area contributed by atoms with Gasteiger partial charge in [0.05, 0.1) is 21.9 Å². The van der Waals surface area contributed by atoms with Crippen molar-refractivity contribution in [3.05, 3.63) is 53.4 Å². The molecule has 0 fully saturated rings. The highest BCUT2D eigenvalue weighted by Crippen LogP contribution is 2.60. The van der Waals surface area contributed by atoms with Crippen LogP contribution in [0, 0.1) is 6.92 Å². The molecule has 10 rings (SSSR count). The lowest BCUT2D eigenvalue weighted by Gasteiger charge is -2.21. The molecular formula is C44H29B2N5O15. The van der Waals surface area contributed by atoms with Crippen molar-refractivity contribution in [2.24, 2.45) is 0 Å². The third-order valence-corrected chi connectivity index (χ3v) is 12.3. The Balaban J connectivity index is 1.35. The van der Waals surface area contributed by atoms with Crippen LogP contribution < -0.4 is 10.9 Å². The fourth-order valence-corrected chi connectivity index (χ4v) is 8.88. The van der Waals surface area contributed by atoms with Crippen LogP contribution in [0.5, 0.6) is 80.5 Å². The number of aromatic nitrogens is 5. The smallest absolute Gasteiger partial charge is 0.239 e. The van der Waals surface area contributed by atoms with Crippen molar-refractivity contribution in [2.75, 3.05) is 0 Å². The number of aromatic hydroxyl groups is 14. The molecule has 0 spiro atoms. The van der Waals surface area contributed by atoms with Crippen molar-refractivity contribution in [3.8, 4) is 131 Å². The first-order valence-corrected chi connectivity index (χ1v) is 19.3. The maximum Gasteiger partial charge on any atom is 0.239 e. The van der Waals surface area contributed by atoms with Gasteiger partial charge < -0.3 is 75.9 Å². The summed E-state index contributed by atoms with van der Waals surface area (Å²) in [5.41, 5.74) is -2.35. The molecule has 0 bridgehead atoms. The number of phenols is 14. The van der Waals surface area contributed by atoms with E-state index in [1.54, 1.807) is 18.2 Å². The minimum absolute atomic E-state index is 0.0825. The summed E-state index contributed by atoms with van der Waals surface area (Å²) >= 11 is 0. The van der Waals surface area contributed by atoms with Crippen molar-refractivity contribution >= 4 is 59.5 Å². The van der Waals surface area contributed by atoms with Crippen LogP contribution in [0.3, 0.4) is 0 Å². The van der Waals surface area contributed by atoms with Gasteiger partial charge in [0.2, 0.25) is 17.4 Å². The van der Waals surface area contributed by atoms with Crippen LogP contribution in [0.1, 0.15) is 30.5 Å². The molecule has 22 heteroatoms. The van der Waals surface area contributed by atoms with E-state index in [1.807, 2.05) is 19.9 Å². The summed E-state index contributed by atoms with van der Waals surface area (Å²) < 4.78 is 6.39. The summed E-state index contributed by atoms with van der Waals surface area (Å²) in [6.45, 7) is 5.10. The highest BCUT2D eigenvalue weighted by Gasteiger charge is 2.39. The molecule has 0 unspecified atom stereocenters. The Morgan fingerprint density at radius 2 is 1.06 bits per heavy atom. The normalized spacial score (nSPS) is 13.0. The third-order valence-electron chi connectivity index (χ3n) is 12.3. The molecular weight excluding hydrogens is 860 g/mol. The van der Waals surface area contributed by atoms with E-state index >= 15 is 0 Å². The van der Waals surface area contributed by atoms with Crippen LogP contribution in [-0.4, -0.2) is 112 Å². The van der Waals surface area contributed by atoms with Crippen LogP contribution in [0.25, 0.3) is 83.9 Å². The zero-order valence-corrected chi connectivity index (χ0v) is 34.0. The first kappa shape index (κ1) is 41.0. The molecule has 9 aromatic rings. The van der Waals surface area contributed by atoms with Crippen molar-refractivity contribution in [1.82, 2.24) is 24.5 Å². The van der Waals surface area contributed by atoms with Crippen LogP contribution in [0.4, 0.5) is 0 Å². The third kappa shape index (κ3) is 4.99. The van der Waals surface area contributed by atoms with Crippen molar-refractivity contribution in [3.63, 3.8) is 0 Å². The molecule has 1 aliphatic carbocycles. The Kier molecular flexibility index (Phi) is 8.21. The first-order chi connectivity index (χ1) is 31.1. The second-order valence-electron chi connectivity index (χ2n) is 16.1. The number of hydrogen-bond donors (Lipinski definition) is 14. The maximum atomic E-state index is 12.4. The van der Waals surface area contributed by atoms with Gasteiger partial charge in [0.1, 0.15) is 49.3 Å². The van der Waals surface area contributed by atoms with Gasteiger partial charge in [-0.2, -0.15) is 9.97 Å². The molecule has 0 saturated carbocycles. The topological polar surface area (TPSA) is 353 Å². The average Bonchev–Trinajstić information content (AvgIpc) is 3.98. The first-order valence-electron chi connectivity index (χ1n) is 19.3. The second-order valence-corrected chi connectivity index (χ2v) is 16.1. The number of rotatable bonds is 4. The van der Waals surface area contributed by atoms with Crippen molar-refractivity contribution in [1.29, 1.82) is 0 Å². The summed E-state index contributed by atoms with van der Waals surface area (Å²) in [5, 5.41) is 156. The summed E-state index contributed by atoms with van der Waals surface area (Å²) in [5.74, 6) is -18.4. The van der Waals surface area contributed by atoms with Crippen LogP contribution in [-0.2, 0) is 5.41 Å². The number of benzene rings is 6. The van der Waals surface area contributed by atoms with Gasteiger partial charge in [-0.25, -0.2) is 9.97 Å². The zero-order chi connectivity index (χ0) is 47.5. The van der Waals surface area contributed by atoms with E-state index in [9.17, 15) is 71.5 Å². The number of oxazole rings is 1. The number of nitrogens with zero attached hydrogens (tertiary/aromatic N) is 5. The van der Waals surface area contributed by atoms with E-state index in [1.165, 1.54) is 12.5 Å². The predicted octanol–water partition coefficient (Wildman–Crippen LogP) is 4.19. The molecule has 14 N–H and O–H groups in total. The lowest BCUT2D eigenvalue weighted by molar-refractivity contribution is 0.350. The molecule has 6 aromatic carbocycles. The predicted molar refractivity (Wildman–Crippen MR) is 234 cm³/mol. The molecule has 66 heavy (non-hydrogen) atoms. The Labute approximate surface area is 370 Å². The van der Waals surface area contributed by atoms with E-state index in [0.717, 1.165) is 18.1 Å². The molecule has 0 atom stereocenters. The standard InChI is InChI=1S/C44H29B2N5O15/c1-10-26(52)32(58)21(33(59)27(10)53)42-48-41(20-22(45)34(60)35(61)23(46)29(20)55)49-43(50-42)51-24-18(19-25(51)37(63)39(65)38(64)31(19)57)28(54)16(30(56)36(24)62)11-4-5-13-12(8-11)17-14(44(13,2)3)6-7-15-40(17)66-9-47-15/h4-9,52-65H,1-3H3. The van der Waals surface area contributed by atoms with Gasteiger partial charge >= 0.3 is 0 Å². The van der Waals surface area contributed by atoms with E-state index in [2.05, 4.69) is 19.9 Å². The summed E-state index contributed by atoms with van der Waals surface area (Å²) in [6.07, 6.45) is 1.29. The lowest BCUT2D eigenvalue weighted by atomic mass is 9.81. The van der Waals surface area contributed by atoms with Crippen molar-refractivity contribution in [2.45, 2.75) is 26.2 Å². The lowest BCUT2D eigenvalue weighted by Crippen LogP contribution is -2.18. The van der Waals surface area contributed by atoms with Crippen LogP contribution in [0.15, 0.2) is 41.1 Å². The average molecular weight is 889 g/mol. The van der Waals surface area contributed by atoms with E-state index in [-0.39, 0.29) is 5.56 Å². The quantitative estimate of drug-likeness (QED) is 0.0669. The van der Waals surface area contributed by atoms with Gasteiger partial charge in [-0.1, -0.05) is 32.0 Å². The summed E-state index contributed by atoms with van der Waals surface area (Å²) in [6, 6.07) is 8.59. The minimum atomic E-state index is -1.36. The van der Waals surface area contributed by atoms with Crippen LogP contribution >= 0.6 is 0 Å². The molecule has 0 saturated heterocycles. The number of fused-ring (bicyclic) bond motifs is 8. The molecule has 0 amide bonds. The second kappa shape index (κ2) is 13.2. The summed E-state index contributed by atoms with van der Waals surface area (Å²) in [4.78, 5) is 16.9. The van der Waals surface area contributed by atoms with E-state index in [4.69, 9.17) is 20.1 Å². The maximum absolute atomic E-state index is 12.4. The van der Waals surface area contributed by atoms with Gasteiger partial charge in [-0.05, 0) is 52.2 Å². The minimum Gasteiger partial charge on any atom is -0.508 e. The Bertz CT molecular complexity index is 3590. The highest BCUT2D eigenvalue weighted by molar-refractivity contribution is 6.43. The molecule has 326 valence electrons. The Hall–Kier alpha value is -9.07. The molecule has 0 aliphatic heterocycles. The highest BCUT2D eigenvalue weighted by atomic mass is 16.4. The fraction of sp³-hybridized carbons (Fsp3) is 0.0909.